The van der Waals surface area contributed by atoms with Gasteiger partial charge in [0, 0.05) is 30.9 Å². The van der Waals surface area contributed by atoms with E-state index < -0.39 is 24.0 Å². The molecule has 2 fully saturated rings. The number of anilines is 1. The van der Waals surface area contributed by atoms with Crippen LogP contribution >= 0.6 is 11.3 Å². The number of piperazine rings is 1. The molecule has 0 spiro atoms. The third-order valence-electron chi connectivity index (χ3n) is 6.11. The van der Waals surface area contributed by atoms with E-state index in [-0.39, 0.29) is 37.2 Å². The molecule has 4 rings (SSSR count). The van der Waals surface area contributed by atoms with Crippen LogP contribution in [-0.4, -0.2) is 77.6 Å². The molecule has 2 aliphatic heterocycles. The van der Waals surface area contributed by atoms with Crippen LogP contribution in [0.25, 0.3) is 0 Å². The Morgan fingerprint density at radius 3 is 2.51 bits per heavy atom. The SMILES string of the molecule is CC(=O)c1ccc(NC(=O)N2CCN(C(=O)c3cccs3)[C@@H](C(=O)N[C@@H]3CCCNC3=O)C2)cc1. The van der Waals surface area contributed by atoms with Gasteiger partial charge in [-0.05, 0) is 55.5 Å². The summed E-state index contributed by atoms with van der Waals surface area (Å²) in [7, 11) is 0. The molecule has 35 heavy (non-hydrogen) atoms. The summed E-state index contributed by atoms with van der Waals surface area (Å²) in [6, 6.07) is 7.95. The Morgan fingerprint density at radius 1 is 1.09 bits per heavy atom. The molecule has 2 atom stereocenters. The second kappa shape index (κ2) is 10.7. The Morgan fingerprint density at radius 2 is 1.86 bits per heavy atom. The molecule has 184 valence electrons. The normalized spacial score (nSPS) is 20.1. The quantitative estimate of drug-likeness (QED) is 0.542. The summed E-state index contributed by atoms with van der Waals surface area (Å²) < 4.78 is 0. The number of piperidine rings is 1. The van der Waals surface area contributed by atoms with Gasteiger partial charge in [-0.1, -0.05) is 6.07 Å². The number of carbonyl (C=O) groups is 5. The van der Waals surface area contributed by atoms with E-state index in [0.29, 0.717) is 29.1 Å². The summed E-state index contributed by atoms with van der Waals surface area (Å²) in [4.78, 5) is 66.4. The number of hydrogen-bond acceptors (Lipinski definition) is 6. The summed E-state index contributed by atoms with van der Waals surface area (Å²) in [6.07, 6.45) is 1.26. The van der Waals surface area contributed by atoms with Gasteiger partial charge in [-0.15, -0.1) is 11.3 Å². The molecule has 0 unspecified atom stereocenters. The largest absolute Gasteiger partial charge is 0.354 e. The Labute approximate surface area is 206 Å². The molecule has 1 aromatic carbocycles. The maximum atomic E-state index is 13.3. The molecule has 0 bridgehead atoms. The van der Waals surface area contributed by atoms with E-state index in [0.717, 1.165) is 6.42 Å². The van der Waals surface area contributed by atoms with Crippen molar-refractivity contribution in [3.05, 3.63) is 52.2 Å². The number of rotatable bonds is 5. The predicted molar refractivity (Wildman–Crippen MR) is 130 cm³/mol. The van der Waals surface area contributed by atoms with Gasteiger partial charge in [0.25, 0.3) is 5.91 Å². The minimum absolute atomic E-state index is 0.0192. The van der Waals surface area contributed by atoms with Gasteiger partial charge < -0.3 is 25.8 Å². The van der Waals surface area contributed by atoms with Gasteiger partial charge in [-0.25, -0.2) is 4.79 Å². The first-order valence-corrected chi connectivity index (χ1v) is 12.3. The maximum absolute atomic E-state index is 13.3. The second-order valence-electron chi connectivity index (χ2n) is 8.50. The van der Waals surface area contributed by atoms with E-state index in [9.17, 15) is 24.0 Å². The Balaban J connectivity index is 1.48. The Hall–Kier alpha value is -3.73. The van der Waals surface area contributed by atoms with Crippen molar-refractivity contribution in [3.63, 3.8) is 0 Å². The van der Waals surface area contributed by atoms with E-state index in [4.69, 9.17) is 0 Å². The highest BCUT2D eigenvalue weighted by molar-refractivity contribution is 7.12. The van der Waals surface area contributed by atoms with Gasteiger partial charge in [0.05, 0.1) is 11.4 Å². The number of ketones is 1. The number of carbonyl (C=O) groups excluding carboxylic acids is 5. The smallest absolute Gasteiger partial charge is 0.321 e. The fourth-order valence-corrected chi connectivity index (χ4v) is 4.82. The predicted octanol–water partition coefficient (Wildman–Crippen LogP) is 1.70. The number of nitrogens with zero attached hydrogens (tertiary/aromatic N) is 2. The lowest BCUT2D eigenvalue weighted by Crippen LogP contribution is -2.64. The van der Waals surface area contributed by atoms with E-state index in [2.05, 4.69) is 16.0 Å². The molecule has 5 amide bonds. The molecular weight excluding hydrogens is 470 g/mol. The van der Waals surface area contributed by atoms with Crippen LogP contribution in [0.1, 0.15) is 39.8 Å². The zero-order valence-corrected chi connectivity index (χ0v) is 20.1. The average Bonchev–Trinajstić information content (AvgIpc) is 3.40. The first-order valence-electron chi connectivity index (χ1n) is 11.4. The fourth-order valence-electron chi connectivity index (χ4n) is 4.15. The number of urea groups is 1. The van der Waals surface area contributed by atoms with Crippen molar-refractivity contribution < 1.29 is 24.0 Å². The highest BCUT2D eigenvalue weighted by atomic mass is 32.1. The van der Waals surface area contributed by atoms with E-state index in [1.54, 1.807) is 41.8 Å². The van der Waals surface area contributed by atoms with Crippen molar-refractivity contribution >= 4 is 46.6 Å². The van der Waals surface area contributed by atoms with Gasteiger partial charge >= 0.3 is 6.03 Å². The zero-order chi connectivity index (χ0) is 24.9. The summed E-state index contributed by atoms with van der Waals surface area (Å²) in [5.74, 6) is -1.08. The van der Waals surface area contributed by atoms with Crippen molar-refractivity contribution in [1.29, 1.82) is 0 Å². The molecule has 2 aliphatic rings. The van der Waals surface area contributed by atoms with Crippen LogP contribution in [0.5, 0.6) is 0 Å². The second-order valence-corrected chi connectivity index (χ2v) is 9.44. The van der Waals surface area contributed by atoms with Crippen LogP contribution < -0.4 is 16.0 Å². The number of thiophene rings is 1. The summed E-state index contributed by atoms with van der Waals surface area (Å²) >= 11 is 1.28. The van der Waals surface area contributed by atoms with Crippen molar-refractivity contribution in [2.45, 2.75) is 31.8 Å². The summed E-state index contributed by atoms with van der Waals surface area (Å²) in [6.45, 7) is 2.42. The van der Waals surface area contributed by atoms with E-state index in [1.165, 1.54) is 28.1 Å². The zero-order valence-electron chi connectivity index (χ0n) is 19.3. The average molecular weight is 498 g/mol. The Bertz CT molecular complexity index is 1120. The monoisotopic (exact) mass is 497 g/mol. The van der Waals surface area contributed by atoms with Gasteiger partial charge in [0.15, 0.2) is 5.78 Å². The molecule has 0 aliphatic carbocycles. The first-order chi connectivity index (χ1) is 16.8. The molecule has 2 aromatic rings. The lowest BCUT2D eigenvalue weighted by atomic mass is 10.0. The highest BCUT2D eigenvalue weighted by Crippen LogP contribution is 2.20. The minimum atomic E-state index is -0.945. The minimum Gasteiger partial charge on any atom is -0.354 e. The van der Waals surface area contributed by atoms with Crippen molar-refractivity contribution in [3.8, 4) is 0 Å². The summed E-state index contributed by atoms with van der Waals surface area (Å²) in [5.41, 5.74) is 1.05. The van der Waals surface area contributed by atoms with Crippen LogP contribution in [0.15, 0.2) is 41.8 Å². The number of hydrogen-bond donors (Lipinski definition) is 3. The standard InChI is InChI=1S/C24H27N5O5S/c1-15(30)16-6-8-17(9-7-16)26-24(34)28-11-12-29(23(33)20-5-3-13-35-20)19(14-28)22(32)27-18-4-2-10-25-21(18)31/h3,5-9,13,18-19H,2,4,10-12,14H2,1H3,(H,25,31)(H,26,34)(H,27,32)/t18-,19-/m1/s1. The molecule has 10 nitrogen and oxygen atoms in total. The lowest BCUT2D eigenvalue weighted by molar-refractivity contribution is -0.133. The van der Waals surface area contributed by atoms with Crippen LogP contribution in [0.4, 0.5) is 10.5 Å². The highest BCUT2D eigenvalue weighted by Gasteiger charge is 2.39. The number of benzene rings is 1. The topological polar surface area (TPSA) is 128 Å². The van der Waals surface area contributed by atoms with Gasteiger partial charge in [-0.2, -0.15) is 0 Å². The Kier molecular flexibility index (Phi) is 7.45. The van der Waals surface area contributed by atoms with Crippen LogP contribution in [0.2, 0.25) is 0 Å². The van der Waals surface area contributed by atoms with Crippen LogP contribution in [0, 0.1) is 0 Å². The molecule has 0 saturated carbocycles. The lowest BCUT2D eigenvalue weighted by Gasteiger charge is -2.40. The molecule has 0 radical (unpaired) electrons. The third-order valence-corrected chi connectivity index (χ3v) is 6.97. The molecule has 1 aromatic heterocycles. The van der Waals surface area contributed by atoms with Crippen molar-refractivity contribution in [1.82, 2.24) is 20.4 Å². The van der Waals surface area contributed by atoms with Gasteiger partial charge in [0.1, 0.15) is 12.1 Å². The molecule has 11 heteroatoms. The molecule has 3 N–H and O–H groups in total. The molecule has 3 heterocycles. The number of Topliss-reactive ketones (excluding diaryl/α,β-unsaturated/α-hetero) is 1. The molecular formula is C24H27N5O5S. The van der Waals surface area contributed by atoms with Gasteiger partial charge in [-0.3, -0.25) is 19.2 Å². The van der Waals surface area contributed by atoms with Crippen LogP contribution in [0.3, 0.4) is 0 Å². The number of amides is 5. The maximum Gasteiger partial charge on any atom is 0.321 e. The third kappa shape index (κ3) is 5.68. The fraction of sp³-hybridized carbons (Fsp3) is 0.375. The summed E-state index contributed by atoms with van der Waals surface area (Å²) in [5, 5.41) is 10.1. The van der Waals surface area contributed by atoms with Crippen molar-refractivity contribution in [2.24, 2.45) is 0 Å². The number of nitrogens with one attached hydrogen (secondary N) is 3. The van der Waals surface area contributed by atoms with Crippen LogP contribution in [-0.2, 0) is 9.59 Å². The van der Waals surface area contributed by atoms with Gasteiger partial charge in [0.2, 0.25) is 11.8 Å². The van der Waals surface area contributed by atoms with E-state index in [1.807, 2.05) is 0 Å². The molecule has 2 saturated heterocycles. The first kappa shape index (κ1) is 24.4. The van der Waals surface area contributed by atoms with E-state index >= 15 is 0 Å². The van der Waals surface area contributed by atoms with Crippen molar-refractivity contribution in [2.75, 3.05) is 31.5 Å².